The van der Waals surface area contributed by atoms with Crippen LogP contribution in [-0.2, 0) is 0 Å². The summed E-state index contributed by atoms with van der Waals surface area (Å²) in [4.78, 5) is 0. The molecule has 0 fully saturated rings. The highest BCUT2D eigenvalue weighted by Crippen LogP contribution is 2.24. The summed E-state index contributed by atoms with van der Waals surface area (Å²) in [7, 11) is 0. The van der Waals surface area contributed by atoms with E-state index in [-0.39, 0.29) is 0 Å². The molecule has 1 atom stereocenters. The molecule has 1 unspecified atom stereocenters. The topological polar surface area (TPSA) is 12.0 Å². The number of aryl methyl sites for hydroxylation is 1. The standard InChI is InChI=1S/C11H16BrN/c1-4-13-9(3)10-6-5-8(2)7-11(10)12/h5-7,9,13H,4H2,1-3H3. The number of halogens is 1. The lowest BCUT2D eigenvalue weighted by atomic mass is 10.1. The molecule has 0 bridgehead atoms. The largest absolute Gasteiger partial charge is 0.310 e. The lowest BCUT2D eigenvalue weighted by Gasteiger charge is -2.14. The van der Waals surface area contributed by atoms with Crippen LogP contribution in [-0.4, -0.2) is 6.54 Å². The first kappa shape index (κ1) is 10.7. The van der Waals surface area contributed by atoms with E-state index in [2.05, 4.69) is 60.2 Å². The highest BCUT2D eigenvalue weighted by atomic mass is 79.9. The second-order valence-electron chi connectivity index (χ2n) is 3.30. The summed E-state index contributed by atoms with van der Waals surface area (Å²) in [5.74, 6) is 0. The average molecular weight is 242 g/mol. The Balaban J connectivity index is 2.88. The van der Waals surface area contributed by atoms with Gasteiger partial charge in [0.2, 0.25) is 0 Å². The number of rotatable bonds is 3. The molecule has 1 rings (SSSR count). The van der Waals surface area contributed by atoms with E-state index in [4.69, 9.17) is 0 Å². The van der Waals surface area contributed by atoms with E-state index in [1.165, 1.54) is 15.6 Å². The highest BCUT2D eigenvalue weighted by Gasteiger charge is 2.06. The predicted octanol–water partition coefficient (Wildman–Crippen LogP) is 3.43. The van der Waals surface area contributed by atoms with Crippen LogP contribution in [0.5, 0.6) is 0 Å². The molecule has 0 saturated carbocycles. The molecule has 1 aromatic rings. The van der Waals surface area contributed by atoms with Gasteiger partial charge in [-0.25, -0.2) is 0 Å². The van der Waals surface area contributed by atoms with Crippen molar-refractivity contribution in [2.75, 3.05) is 6.54 Å². The molecule has 0 aliphatic heterocycles. The normalized spacial score (nSPS) is 12.9. The van der Waals surface area contributed by atoms with Crippen molar-refractivity contribution in [1.29, 1.82) is 0 Å². The molecule has 1 N–H and O–H groups in total. The smallest absolute Gasteiger partial charge is 0.0302 e. The molecule has 13 heavy (non-hydrogen) atoms. The van der Waals surface area contributed by atoms with Crippen molar-refractivity contribution in [3.05, 3.63) is 33.8 Å². The molecule has 0 saturated heterocycles. The Morgan fingerprint density at radius 3 is 2.69 bits per heavy atom. The maximum absolute atomic E-state index is 3.58. The third-order valence-electron chi connectivity index (χ3n) is 2.13. The summed E-state index contributed by atoms with van der Waals surface area (Å²) in [6, 6.07) is 6.89. The van der Waals surface area contributed by atoms with Crippen LogP contribution < -0.4 is 5.32 Å². The maximum Gasteiger partial charge on any atom is 0.0302 e. The molecule has 0 heterocycles. The second kappa shape index (κ2) is 4.77. The summed E-state index contributed by atoms with van der Waals surface area (Å²) in [5.41, 5.74) is 2.62. The minimum atomic E-state index is 0.417. The summed E-state index contributed by atoms with van der Waals surface area (Å²) < 4.78 is 1.20. The van der Waals surface area contributed by atoms with Gasteiger partial charge in [0, 0.05) is 10.5 Å². The minimum absolute atomic E-state index is 0.417. The molecule has 1 nitrogen and oxygen atoms in total. The van der Waals surface area contributed by atoms with Gasteiger partial charge in [0.05, 0.1) is 0 Å². The predicted molar refractivity (Wildman–Crippen MR) is 61.0 cm³/mol. The third kappa shape index (κ3) is 2.82. The van der Waals surface area contributed by atoms with Crippen LogP contribution in [0.3, 0.4) is 0 Å². The van der Waals surface area contributed by atoms with Crippen molar-refractivity contribution in [3.8, 4) is 0 Å². The van der Waals surface area contributed by atoms with E-state index in [1.807, 2.05) is 0 Å². The van der Waals surface area contributed by atoms with Gasteiger partial charge in [0.25, 0.3) is 0 Å². The first-order valence-electron chi connectivity index (χ1n) is 4.64. The van der Waals surface area contributed by atoms with E-state index >= 15 is 0 Å². The first-order chi connectivity index (χ1) is 6.15. The van der Waals surface area contributed by atoms with Crippen LogP contribution in [0.15, 0.2) is 22.7 Å². The molecule has 0 aromatic heterocycles. The number of hydrogen-bond donors (Lipinski definition) is 1. The molecule has 72 valence electrons. The van der Waals surface area contributed by atoms with Gasteiger partial charge in [-0.2, -0.15) is 0 Å². The molecule has 0 spiro atoms. The summed E-state index contributed by atoms with van der Waals surface area (Å²) >= 11 is 3.58. The molecule has 1 aromatic carbocycles. The minimum Gasteiger partial charge on any atom is -0.310 e. The fourth-order valence-electron chi connectivity index (χ4n) is 1.40. The maximum atomic E-state index is 3.58. The fourth-order valence-corrected chi connectivity index (χ4v) is 2.24. The molecule has 0 aliphatic carbocycles. The van der Waals surface area contributed by atoms with Gasteiger partial charge < -0.3 is 5.32 Å². The highest BCUT2D eigenvalue weighted by molar-refractivity contribution is 9.10. The van der Waals surface area contributed by atoms with Gasteiger partial charge in [-0.05, 0) is 37.6 Å². The zero-order chi connectivity index (χ0) is 9.84. The van der Waals surface area contributed by atoms with Crippen LogP contribution in [0.4, 0.5) is 0 Å². The number of hydrogen-bond acceptors (Lipinski definition) is 1. The molecule has 0 radical (unpaired) electrons. The van der Waals surface area contributed by atoms with Crippen molar-refractivity contribution in [2.24, 2.45) is 0 Å². The zero-order valence-electron chi connectivity index (χ0n) is 8.39. The van der Waals surface area contributed by atoms with Crippen LogP contribution in [0, 0.1) is 6.92 Å². The van der Waals surface area contributed by atoms with Gasteiger partial charge in [0.15, 0.2) is 0 Å². The molecular weight excluding hydrogens is 226 g/mol. The summed E-state index contributed by atoms with van der Waals surface area (Å²) in [5, 5.41) is 3.39. The van der Waals surface area contributed by atoms with E-state index in [0.717, 1.165) is 6.54 Å². The van der Waals surface area contributed by atoms with E-state index < -0.39 is 0 Å². The van der Waals surface area contributed by atoms with Crippen LogP contribution in [0.1, 0.15) is 31.0 Å². The fraction of sp³-hybridized carbons (Fsp3) is 0.455. The quantitative estimate of drug-likeness (QED) is 0.856. The zero-order valence-corrected chi connectivity index (χ0v) is 9.98. The molecule has 2 heteroatoms. The van der Waals surface area contributed by atoms with E-state index in [0.29, 0.717) is 6.04 Å². The molecule has 0 amide bonds. The van der Waals surface area contributed by atoms with Gasteiger partial charge >= 0.3 is 0 Å². The first-order valence-corrected chi connectivity index (χ1v) is 5.44. The van der Waals surface area contributed by atoms with Gasteiger partial charge in [-0.15, -0.1) is 0 Å². The van der Waals surface area contributed by atoms with Crippen LogP contribution in [0.25, 0.3) is 0 Å². The van der Waals surface area contributed by atoms with Crippen molar-refractivity contribution >= 4 is 15.9 Å². The Hall–Kier alpha value is -0.340. The Bertz CT molecular complexity index is 283. The van der Waals surface area contributed by atoms with E-state index in [9.17, 15) is 0 Å². The van der Waals surface area contributed by atoms with E-state index in [1.54, 1.807) is 0 Å². The Morgan fingerprint density at radius 1 is 1.46 bits per heavy atom. The van der Waals surface area contributed by atoms with Crippen molar-refractivity contribution in [1.82, 2.24) is 5.32 Å². The molecule has 0 aliphatic rings. The van der Waals surface area contributed by atoms with Gasteiger partial charge in [-0.3, -0.25) is 0 Å². The van der Waals surface area contributed by atoms with Crippen molar-refractivity contribution in [2.45, 2.75) is 26.8 Å². The van der Waals surface area contributed by atoms with Crippen molar-refractivity contribution < 1.29 is 0 Å². The monoisotopic (exact) mass is 241 g/mol. The molecular formula is C11H16BrN. The third-order valence-corrected chi connectivity index (χ3v) is 2.82. The lowest BCUT2D eigenvalue weighted by molar-refractivity contribution is 0.596. The summed E-state index contributed by atoms with van der Waals surface area (Å²) in [6.45, 7) is 7.41. The lowest BCUT2D eigenvalue weighted by Crippen LogP contribution is -2.18. The Labute approximate surface area is 88.7 Å². The summed E-state index contributed by atoms with van der Waals surface area (Å²) in [6.07, 6.45) is 0. The van der Waals surface area contributed by atoms with Crippen LogP contribution >= 0.6 is 15.9 Å². The van der Waals surface area contributed by atoms with Gasteiger partial charge in [0.1, 0.15) is 0 Å². The SMILES string of the molecule is CCNC(C)c1ccc(C)cc1Br. The van der Waals surface area contributed by atoms with Crippen molar-refractivity contribution in [3.63, 3.8) is 0 Å². The van der Waals surface area contributed by atoms with Crippen LogP contribution in [0.2, 0.25) is 0 Å². The van der Waals surface area contributed by atoms with Gasteiger partial charge in [-0.1, -0.05) is 35.0 Å². The Morgan fingerprint density at radius 2 is 2.15 bits per heavy atom. The Kier molecular flexibility index (Phi) is 3.94. The second-order valence-corrected chi connectivity index (χ2v) is 4.16. The number of benzene rings is 1. The average Bonchev–Trinajstić information content (AvgIpc) is 2.04. The number of nitrogens with one attached hydrogen (secondary N) is 1.